The van der Waals surface area contributed by atoms with Gasteiger partial charge in [0.05, 0.1) is 23.9 Å². The van der Waals surface area contributed by atoms with Crippen molar-refractivity contribution in [3.05, 3.63) is 43.8 Å². The molecule has 0 fully saturated rings. The molecule has 1 aromatic heterocycles. The number of aryl methyl sites for hydroxylation is 2. The van der Waals surface area contributed by atoms with E-state index in [-0.39, 0.29) is 0 Å². The number of benzene rings is 1. The topological polar surface area (TPSA) is 48.7 Å². The summed E-state index contributed by atoms with van der Waals surface area (Å²) in [5.41, 5.74) is 2.71. The molecule has 1 N–H and O–H groups in total. The third kappa shape index (κ3) is 2.89. The van der Waals surface area contributed by atoms with E-state index in [1.54, 1.807) is 23.5 Å². The van der Waals surface area contributed by atoms with Gasteiger partial charge in [-0.1, -0.05) is 0 Å². The molecule has 1 heterocycles. The lowest BCUT2D eigenvalue weighted by Crippen LogP contribution is -1.99. The molecular weight excluding hydrogens is 310 g/mol. The molecular formula is C13H12BrN3S. The van der Waals surface area contributed by atoms with E-state index in [9.17, 15) is 0 Å². The Morgan fingerprint density at radius 2 is 2.22 bits per heavy atom. The maximum Gasteiger partial charge on any atom is 0.112 e. The van der Waals surface area contributed by atoms with Crippen LogP contribution in [0.5, 0.6) is 0 Å². The highest BCUT2D eigenvalue weighted by Crippen LogP contribution is 2.25. The van der Waals surface area contributed by atoms with Crippen LogP contribution in [0.15, 0.2) is 22.7 Å². The second kappa shape index (κ2) is 5.51. The zero-order chi connectivity index (χ0) is 13.1. The van der Waals surface area contributed by atoms with Crippen LogP contribution in [0.2, 0.25) is 0 Å². The van der Waals surface area contributed by atoms with Gasteiger partial charge in [0.25, 0.3) is 0 Å². The molecule has 5 heteroatoms. The van der Waals surface area contributed by atoms with Gasteiger partial charge in [-0.05, 0) is 48.0 Å². The largest absolute Gasteiger partial charge is 0.378 e. The Morgan fingerprint density at radius 1 is 1.44 bits per heavy atom. The third-order valence-electron chi connectivity index (χ3n) is 2.60. The quantitative estimate of drug-likeness (QED) is 0.929. The van der Waals surface area contributed by atoms with E-state index in [0.29, 0.717) is 12.1 Å². The zero-order valence-electron chi connectivity index (χ0n) is 10.1. The Hall–Kier alpha value is -1.38. The average molecular weight is 322 g/mol. The highest BCUT2D eigenvalue weighted by Gasteiger charge is 2.05. The molecule has 2 aromatic rings. The minimum Gasteiger partial charge on any atom is -0.378 e. The van der Waals surface area contributed by atoms with Gasteiger partial charge in [0, 0.05) is 15.0 Å². The van der Waals surface area contributed by atoms with E-state index in [1.807, 2.05) is 13.0 Å². The minimum atomic E-state index is 0.647. The Bertz CT molecular complexity index is 594. The number of hydrogen-bond acceptors (Lipinski definition) is 4. The molecule has 0 saturated carbocycles. The Morgan fingerprint density at radius 3 is 2.78 bits per heavy atom. The van der Waals surface area contributed by atoms with E-state index in [0.717, 1.165) is 20.9 Å². The van der Waals surface area contributed by atoms with Crippen molar-refractivity contribution < 1.29 is 0 Å². The molecule has 0 unspecified atom stereocenters. The second-order valence-corrected chi connectivity index (χ2v) is 6.05. The molecule has 0 aliphatic carbocycles. The summed E-state index contributed by atoms with van der Waals surface area (Å²) in [6.45, 7) is 4.80. The first-order valence-electron chi connectivity index (χ1n) is 5.46. The number of rotatable bonds is 3. The SMILES string of the molecule is Cc1nc(CNc2ccc(C#N)cc2Br)sc1C. The van der Waals surface area contributed by atoms with Crippen molar-refractivity contribution in [3.8, 4) is 6.07 Å². The van der Waals surface area contributed by atoms with Gasteiger partial charge < -0.3 is 5.32 Å². The lowest BCUT2D eigenvalue weighted by molar-refractivity contribution is 1.07. The molecule has 0 bridgehead atoms. The Balaban J connectivity index is 2.09. The molecule has 92 valence electrons. The van der Waals surface area contributed by atoms with Gasteiger partial charge in [0.15, 0.2) is 0 Å². The van der Waals surface area contributed by atoms with Gasteiger partial charge in [0.2, 0.25) is 0 Å². The van der Waals surface area contributed by atoms with Crippen LogP contribution >= 0.6 is 27.3 Å². The van der Waals surface area contributed by atoms with E-state index in [2.05, 4.69) is 39.2 Å². The molecule has 2 rings (SSSR count). The van der Waals surface area contributed by atoms with Crippen molar-refractivity contribution >= 4 is 33.0 Å². The van der Waals surface area contributed by atoms with Gasteiger partial charge in [0.1, 0.15) is 5.01 Å². The molecule has 1 aromatic carbocycles. The summed E-state index contributed by atoms with van der Waals surface area (Å²) in [4.78, 5) is 5.73. The Kier molecular flexibility index (Phi) is 4.00. The Labute approximate surface area is 119 Å². The van der Waals surface area contributed by atoms with Crippen LogP contribution in [0.25, 0.3) is 0 Å². The van der Waals surface area contributed by atoms with Crippen LogP contribution < -0.4 is 5.32 Å². The third-order valence-corrected chi connectivity index (χ3v) is 4.33. The van der Waals surface area contributed by atoms with E-state index in [4.69, 9.17) is 5.26 Å². The van der Waals surface area contributed by atoms with Crippen LogP contribution in [-0.4, -0.2) is 4.98 Å². The summed E-state index contributed by atoms with van der Waals surface area (Å²) < 4.78 is 0.895. The van der Waals surface area contributed by atoms with Crippen molar-refractivity contribution in [2.24, 2.45) is 0 Å². The second-order valence-electron chi connectivity index (χ2n) is 3.91. The monoisotopic (exact) mass is 321 g/mol. The lowest BCUT2D eigenvalue weighted by atomic mass is 10.2. The molecule has 0 radical (unpaired) electrons. The molecule has 0 aliphatic heterocycles. The van der Waals surface area contributed by atoms with Crippen LogP contribution in [0, 0.1) is 25.2 Å². The van der Waals surface area contributed by atoms with E-state index < -0.39 is 0 Å². The van der Waals surface area contributed by atoms with Crippen molar-refractivity contribution in [1.82, 2.24) is 4.98 Å². The molecule has 0 aliphatic rings. The van der Waals surface area contributed by atoms with Crippen LogP contribution in [-0.2, 0) is 6.54 Å². The van der Waals surface area contributed by atoms with Crippen LogP contribution in [0.4, 0.5) is 5.69 Å². The van der Waals surface area contributed by atoms with Gasteiger partial charge in [-0.3, -0.25) is 0 Å². The molecule has 0 saturated heterocycles. The summed E-state index contributed by atoms with van der Waals surface area (Å²) in [6, 6.07) is 7.61. The van der Waals surface area contributed by atoms with Crippen molar-refractivity contribution in [2.75, 3.05) is 5.32 Å². The molecule has 0 spiro atoms. The van der Waals surface area contributed by atoms with E-state index in [1.165, 1.54) is 4.88 Å². The van der Waals surface area contributed by atoms with Crippen LogP contribution in [0.3, 0.4) is 0 Å². The lowest BCUT2D eigenvalue weighted by Gasteiger charge is -2.06. The normalized spacial score (nSPS) is 10.1. The van der Waals surface area contributed by atoms with Crippen molar-refractivity contribution in [2.45, 2.75) is 20.4 Å². The van der Waals surface area contributed by atoms with Crippen molar-refractivity contribution in [1.29, 1.82) is 5.26 Å². The molecule has 18 heavy (non-hydrogen) atoms. The van der Waals surface area contributed by atoms with E-state index >= 15 is 0 Å². The predicted molar refractivity (Wildman–Crippen MR) is 77.8 cm³/mol. The first kappa shape index (κ1) is 13.1. The number of nitrogens with one attached hydrogen (secondary N) is 1. The van der Waals surface area contributed by atoms with Gasteiger partial charge >= 0.3 is 0 Å². The highest BCUT2D eigenvalue weighted by molar-refractivity contribution is 9.10. The summed E-state index contributed by atoms with van der Waals surface area (Å²) in [7, 11) is 0. The number of nitrogens with zero attached hydrogens (tertiary/aromatic N) is 2. The van der Waals surface area contributed by atoms with Gasteiger partial charge in [-0.2, -0.15) is 5.26 Å². The number of aromatic nitrogens is 1. The maximum atomic E-state index is 8.79. The molecule has 0 amide bonds. The molecule has 0 atom stereocenters. The summed E-state index contributed by atoms with van der Waals surface area (Å²) in [5, 5.41) is 13.2. The van der Waals surface area contributed by atoms with Crippen molar-refractivity contribution in [3.63, 3.8) is 0 Å². The average Bonchev–Trinajstić information content (AvgIpc) is 2.67. The smallest absolute Gasteiger partial charge is 0.112 e. The maximum absolute atomic E-state index is 8.79. The van der Waals surface area contributed by atoms with Crippen LogP contribution in [0.1, 0.15) is 21.1 Å². The summed E-state index contributed by atoms with van der Waals surface area (Å²) >= 11 is 5.16. The first-order valence-corrected chi connectivity index (χ1v) is 7.07. The number of nitriles is 1. The number of hydrogen-bond donors (Lipinski definition) is 1. The number of halogens is 1. The standard InChI is InChI=1S/C13H12BrN3S/c1-8-9(2)18-13(17-8)7-16-12-4-3-10(6-15)5-11(12)14/h3-5,16H,7H2,1-2H3. The fraction of sp³-hybridized carbons (Fsp3) is 0.231. The number of thiazole rings is 1. The summed E-state index contributed by atoms with van der Waals surface area (Å²) in [6.07, 6.45) is 0. The van der Waals surface area contributed by atoms with Gasteiger partial charge in [-0.25, -0.2) is 4.98 Å². The van der Waals surface area contributed by atoms with Gasteiger partial charge in [-0.15, -0.1) is 11.3 Å². The number of anilines is 1. The fourth-order valence-corrected chi connectivity index (χ4v) is 2.91. The zero-order valence-corrected chi connectivity index (χ0v) is 12.5. The minimum absolute atomic E-state index is 0.647. The summed E-state index contributed by atoms with van der Waals surface area (Å²) in [5.74, 6) is 0. The predicted octanol–water partition coefficient (Wildman–Crippen LogP) is 4.01. The highest BCUT2D eigenvalue weighted by atomic mass is 79.9. The fourth-order valence-electron chi connectivity index (χ4n) is 1.51. The molecule has 3 nitrogen and oxygen atoms in total. The first-order chi connectivity index (χ1) is 8.60.